The lowest BCUT2D eigenvalue weighted by atomic mass is 10.1. The van der Waals surface area contributed by atoms with E-state index in [1.165, 1.54) is 5.06 Å². The minimum absolute atomic E-state index is 0.352. The molecule has 11 heavy (non-hydrogen) atoms. The molecule has 2 atom stereocenters. The summed E-state index contributed by atoms with van der Waals surface area (Å²) >= 11 is 0. The zero-order valence-corrected chi connectivity index (χ0v) is 7.16. The number of hydrogen-bond acceptors (Lipinski definition) is 2. The Morgan fingerprint density at radius 3 is 2.82 bits per heavy atom. The first-order valence-corrected chi connectivity index (χ1v) is 4.33. The van der Waals surface area contributed by atoms with E-state index < -0.39 is 0 Å². The van der Waals surface area contributed by atoms with E-state index in [0.29, 0.717) is 12.1 Å². The summed E-state index contributed by atoms with van der Waals surface area (Å²) in [5, 5.41) is 11.0. The second kappa shape index (κ2) is 3.88. The third kappa shape index (κ3) is 2.04. The summed E-state index contributed by atoms with van der Waals surface area (Å²) in [5.74, 6) is 0. The first-order chi connectivity index (χ1) is 5.25. The molecule has 1 heterocycles. The highest BCUT2D eigenvalue weighted by atomic mass is 16.5. The molecule has 2 heteroatoms. The highest BCUT2D eigenvalue weighted by Gasteiger charge is 2.28. The number of hydrogen-bond donors (Lipinski definition) is 1. The molecule has 0 unspecified atom stereocenters. The Kier molecular flexibility index (Phi) is 3.09. The van der Waals surface area contributed by atoms with Gasteiger partial charge in [0.2, 0.25) is 0 Å². The largest absolute Gasteiger partial charge is 0.313 e. The summed E-state index contributed by atoms with van der Waals surface area (Å²) in [6, 6.07) is 0.729. The van der Waals surface area contributed by atoms with Crippen molar-refractivity contribution in [2.24, 2.45) is 0 Å². The van der Waals surface area contributed by atoms with Crippen molar-refractivity contribution >= 4 is 0 Å². The Hall–Kier alpha value is -0.340. The Bertz CT molecular complexity index is 136. The highest BCUT2D eigenvalue weighted by Crippen LogP contribution is 2.24. The van der Waals surface area contributed by atoms with E-state index in [2.05, 4.69) is 13.5 Å². The van der Waals surface area contributed by atoms with Gasteiger partial charge in [-0.15, -0.1) is 6.58 Å². The lowest BCUT2D eigenvalue weighted by Crippen LogP contribution is -2.30. The van der Waals surface area contributed by atoms with E-state index in [1.54, 1.807) is 0 Å². The average molecular weight is 155 g/mol. The van der Waals surface area contributed by atoms with E-state index in [1.807, 2.05) is 6.08 Å². The number of nitrogens with zero attached hydrogens (tertiary/aromatic N) is 1. The first kappa shape index (κ1) is 8.75. The molecule has 0 aliphatic carbocycles. The van der Waals surface area contributed by atoms with Crippen molar-refractivity contribution in [1.29, 1.82) is 0 Å². The van der Waals surface area contributed by atoms with Crippen LogP contribution in [0.2, 0.25) is 0 Å². The molecule has 64 valence electrons. The molecular weight excluding hydrogens is 138 g/mol. The van der Waals surface area contributed by atoms with Crippen LogP contribution < -0.4 is 0 Å². The van der Waals surface area contributed by atoms with Crippen LogP contribution in [0, 0.1) is 0 Å². The fourth-order valence-electron chi connectivity index (χ4n) is 1.64. The van der Waals surface area contributed by atoms with Gasteiger partial charge in [0.05, 0.1) is 0 Å². The molecule has 0 aromatic carbocycles. The number of hydroxylamine groups is 2. The van der Waals surface area contributed by atoms with E-state index in [0.717, 1.165) is 25.7 Å². The van der Waals surface area contributed by atoms with Crippen LogP contribution in [0.4, 0.5) is 0 Å². The predicted octanol–water partition coefficient (Wildman–Crippen LogP) is 2.19. The fourth-order valence-corrected chi connectivity index (χ4v) is 1.64. The Balaban J connectivity index is 2.29. The molecule has 0 radical (unpaired) electrons. The molecule has 2 nitrogen and oxygen atoms in total. The maximum Gasteiger partial charge on any atom is 0.0356 e. The van der Waals surface area contributed by atoms with Crippen LogP contribution in [0.1, 0.15) is 32.6 Å². The van der Waals surface area contributed by atoms with Gasteiger partial charge in [0, 0.05) is 12.1 Å². The van der Waals surface area contributed by atoms with Crippen LogP contribution in [0.3, 0.4) is 0 Å². The molecule has 1 aliphatic rings. The normalized spacial score (nSPS) is 32.5. The smallest absolute Gasteiger partial charge is 0.0356 e. The second-order valence-electron chi connectivity index (χ2n) is 3.33. The van der Waals surface area contributed by atoms with Crippen LogP contribution in [0.5, 0.6) is 0 Å². The van der Waals surface area contributed by atoms with Gasteiger partial charge in [-0.05, 0) is 32.6 Å². The summed E-state index contributed by atoms with van der Waals surface area (Å²) in [6.07, 6.45) is 6.22. The molecular formula is C9H17NO. The molecule has 0 spiro atoms. The van der Waals surface area contributed by atoms with Crippen molar-refractivity contribution in [2.45, 2.75) is 44.7 Å². The molecule has 0 bridgehead atoms. The van der Waals surface area contributed by atoms with Gasteiger partial charge in [-0.2, -0.15) is 5.06 Å². The van der Waals surface area contributed by atoms with Gasteiger partial charge in [-0.25, -0.2) is 0 Å². The minimum atomic E-state index is 0.352. The Morgan fingerprint density at radius 1 is 1.64 bits per heavy atom. The minimum Gasteiger partial charge on any atom is -0.313 e. The molecule has 1 fully saturated rings. The molecule has 0 aromatic heterocycles. The van der Waals surface area contributed by atoms with Gasteiger partial charge in [-0.1, -0.05) is 6.08 Å². The lowest BCUT2D eigenvalue weighted by Gasteiger charge is -2.20. The number of allylic oxidation sites excluding steroid dienone is 1. The monoisotopic (exact) mass is 155 g/mol. The molecule has 0 saturated carbocycles. The lowest BCUT2D eigenvalue weighted by molar-refractivity contribution is -0.130. The molecule has 1 rings (SSSR count). The molecule has 1 saturated heterocycles. The molecule has 1 N–H and O–H groups in total. The van der Waals surface area contributed by atoms with Gasteiger partial charge >= 0.3 is 0 Å². The third-order valence-corrected chi connectivity index (χ3v) is 2.45. The highest BCUT2D eigenvalue weighted by molar-refractivity contribution is 4.81. The summed E-state index contributed by atoms with van der Waals surface area (Å²) in [7, 11) is 0. The van der Waals surface area contributed by atoms with Gasteiger partial charge in [-0.3, -0.25) is 0 Å². The van der Waals surface area contributed by atoms with Gasteiger partial charge in [0.15, 0.2) is 0 Å². The number of rotatable bonds is 3. The van der Waals surface area contributed by atoms with Crippen molar-refractivity contribution in [3.8, 4) is 0 Å². The van der Waals surface area contributed by atoms with Crippen LogP contribution in [-0.2, 0) is 0 Å². The fraction of sp³-hybridized carbons (Fsp3) is 0.778. The topological polar surface area (TPSA) is 23.5 Å². The predicted molar refractivity (Wildman–Crippen MR) is 45.5 cm³/mol. The zero-order chi connectivity index (χ0) is 8.27. The van der Waals surface area contributed by atoms with Crippen LogP contribution in [-0.4, -0.2) is 22.4 Å². The quantitative estimate of drug-likeness (QED) is 0.631. The van der Waals surface area contributed by atoms with Crippen LogP contribution >= 0.6 is 0 Å². The molecule has 0 amide bonds. The van der Waals surface area contributed by atoms with E-state index >= 15 is 0 Å². The van der Waals surface area contributed by atoms with Gasteiger partial charge < -0.3 is 5.21 Å². The van der Waals surface area contributed by atoms with Crippen molar-refractivity contribution in [2.75, 3.05) is 0 Å². The van der Waals surface area contributed by atoms with Crippen molar-refractivity contribution in [3.05, 3.63) is 12.7 Å². The first-order valence-electron chi connectivity index (χ1n) is 4.33. The summed E-state index contributed by atoms with van der Waals surface area (Å²) in [6.45, 7) is 5.73. The van der Waals surface area contributed by atoms with E-state index in [-0.39, 0.29) is 0 Å². The summed E-state index contributed by atoms with van der Waals surface area (Å²) in [4.78, 5) is 0. The molecule has 1 aliphatic heterocycles. The third-order valence-electron chi connectivity index (χ3n) is 2.45. The van der Waals surface area contributed by atoms with Crippen molar-refractivity contribution in [3.63, 3.8) is 0 Å². The van der Waals surface area contributed by atoms with Crippen LogP contribution in [0.25, 0.3) is 0 Å². The summed E-state index contributed by atoms with van der Waals surface area (Å²) < 4.78 is 0. The van der Waals surface area contributed by atoms with E-state index in [9.17, 15) is 5.21 Å². The van der Waals surface area contributed by atoms with Crippen molar-refractivity contribution in [1.82, 2.24) is 5.06 Å². The summed E-state index contributed by atoms with van der Waals surface area (Å²) in [5.41, 5.74) is 0. The Morgan fingerprint density at radius 2 is 2.36 bits per heavy atom. The maximum absolute atomic E-state index is 9.48. The zero-order valence-electron chi connectivity index (χ0n) is 7.16. The second-order valence-corrected chi connectivity index (χ2v) is 3.33. The van der Waals surface area contributed by atoms with E-state index in [4.69, 9.17) is 0 Å². The molecule has 0 aromatic rings. The van der Waals surface area contributed by atoms with Gasteiger partial charge in [0.1, 0.15) is 0 Å². The van der Waals surface area contributed by atoms with Gasteiger partial charge in [0.25, 0.3) is 0 Å². The van der Waals surface area contributed by atoms with Crippen LogP contribution in [0.15, 0.2) is 12.7 Å². The standard InChI is InChI=1S/C9H17NO/c1-3-4-5-9-7-6-8(2)10(9)11/h3,8-9,11H,1,4-7H2,2H3/t8-,9-/m0/s1. The van der Waals surface area contributed by atoms with Crippen molar-refractivity contribution < 1.29 is 5.21 Å². The maximum atomic E-state index is 9.48. The Labute approximate surface area is 68.5 Å². The average Bonchev–Trinajstić information content (AvgIpc) is 2.31. The SMILES string of the molecule is C=CCC[C@H]1CC[C@H](C)N1O.